The van der Waals surface area contributed by atoms with Crippen LogP contribution in [0.5, 0.6) is 0 Å². The van der Waals surface area contributed by atoms with Crippen molar-refractivity contribution in [2.45, 2.75) is 32.1 Å². The molecule has 0 aromatic carbocycles. The minimum atomic E-state index is 0.697. The van der Waals surface area contributed by atoms with E-state index in [-0.39, 0.29) is 0 Å². The molecule has 0 amide bonds. The minimum absolute atomic E-state index is 0.697. The Kier molecular flexibility index (Phi) is 4.26. The lowest BCUT2D eigenvalue weighted by molar-refractivity contribution is 0.134. The molecule has 0 aromatic rings. The van der Waals surface area contributed by atoms with Crippen molar-refractivity contribution in [2.75, 3.05) is 13.2 Å². The van der Waals surface area contributed by atoms with E-state index in [2.05, 4.69) is 12.7 Å². The summed E-state index contributed by atoms with van der Waals surface area (Å²) in [4.78, 5) is 0. The second kappa shape index (κ2) is 5.91. The molecule has 0 saturated carbocycles. The van der Waals surface area contributed by atoms with Gasteiger partial charge in [-0.15, -0.1) is 0 Å². The Morgan fingerprint density at radius 1 is 1.17 bits per heavy atom. The summed E-state index contributed by atoms with van der Waals surface area (Å²) in [5.41, 5.74) is 17.3. The fourth-order valence-corrected chi connectivity index (χ4v) is 2.40. The number of hydrogen-bond donors (Lipinski definition) is 2. The van der Waals surface area contributed by atoms with Crippen molar-refractivity contribution in [3.05, 3.63) is 46.8 Å². The molecule has 0 bridgehead atoms. The van der Waals surface area contributed by atoms with E-state index in [1.54, 1.807) is 0 Å². The van der Waals surface area contributed by atoms with E-state index in [4.69, 9.17) is 16.2 Å². The van der Waals surface area contributed by atoms with Crippen molar-refractivity contribution < 1.29 is 4.74 Å². The van der Waals surface area contributed by atoms with E-state index in [1.165, 1.54) is 16.7 Å². The van der Waals surface area contributed by atoms with Gasteiger partial charge in [-0.2, -0.15) is 0 Å². The lowest BCUT2D eigenvalue weighted by atomic mass is 9.92. The second-order valence-electron chi connectivity index (χ2n) is 4.92. The van der Waals surface area contributed by atoms with Gasteiger partial charge in [-0.3, -0.25) is 0 Å². The molecule has 18 heavy (non-hydrogen) atoms. The molecule has 0 unspecified atom stereocenters. The number of allylic oxidation sites excluding steroid dienone is 4. The van der Waals surface area contributed by atoms with Crippen molar-refractivity contribution in [2.24, 2.45) is 11.5 Å². The average Bonchev–Trinajstić information content (AvgIpc) is 2.43. The van der Waals surface area contributed by atoms with Gasteiger partial charge in [-0.05, 0) is 43.3 Å². The van der Waals surface area contributed by atoms with Crippen molar-refractivity contribution in [1.82, 2.24) is 0 Å². The zero-order chi connectivity index (χ0) is 13.0. The Morgan fingerprint density at radius 3 is 2.83 bits per heavy atom. The maximum absolute atomic E-state index is 6.18. The van der Waals surface area contributed by atoms with Crippen LogP contribution in [0.2, 0.25) is 0 Å². The van der Waals surface area contributed by atoms with E-state index >= 15 is 0 Å². The molecule has 3 nitrogen and oxygen atoms in total. The van der Waals surface area contributed by atoms with Gasteiger partial charge in [-0.25, -0.2) is 0 Å². The molecule has 1 aliphatic carbocycles. The summed E-state index contributed by atoms with van der Waals surface area (Å²) >= 11 is 0. The molecule has 98 valence electrons. The first kappa shape index (κ1) is 13.0. The van der Waals surface area contributed by atoms with Gasteiger partial charge < -0.3 is 16.2 Å². The van der Waals surface area contributed by atoms with Gasteiger partial charge >= 0.3 is 0 Å². The molecule has 0 radical (unpaired) electrons. The summed E-state index contributed by atoms with van der Waals surface area (Å²) in [5, 5.41) is 0. The molecule has 3 heteroatoms. The molecule has 2 aliphatic rings. The highest BCUT2D eigenvalue weighted by atomic mass is 16.5. The van der Waals surface area contributed by atoms with Crippen LogP contribution in [0.25, 0.3) is 0 Å². The molecular weight excluding hydrogens is 224 g/mol. The predicted molar refractivity (Wildman–Crippen MR) is 74.6 cm³/mol. The van der Waals surface area contributed by atoms with E-state index < -0.39 is 0 Å². The standard InChI is InChI=1S/C15H22N2O/c1-11-6-7-14(16)15(17)13(10-11)12-4-2-8-18-9-3-5-12/h4,7H,1-3,5-6,8-10,16-17H2/b12-4-. The van der Waals surface area contributed by atoms with Crippen LogP contribution < -0.4 is 11.5 Å². The van der Waals surface area contributed by atoms with Gasteiger partial charge in [0.2, 0.25) is 0 Å². The smallest absolute Gasteiger partial charge is 0.0583 e. The summed E-state index contributed by atoms with van der Waals surface area (Å²) in [6.45, 7) is 5.71. The summed E-state index contributed by atoms with van der Waals surface area (Å²) in [6, 6.07) is 0. The third kappa shape index (κ3) is 3.05. The minimum Gasteiger partial charge on any atom is -0.397 e. The zero-order valence-corrected chi connectivity index (χ0v) is 10.9. The average molecular weight is 246 g/mol. The fourth-order valence-electron chi connectivity index (χ4n) is 2.40. The zero-order valence-electron chi connectivity index (χ0n) is 10.9. The van der Waals surface area contributed by atoms with Crippen molar-refractivity contribution in [3.8, 4) is 0 Å². The summed E-state index contributed by atoms with van der Waals surface area (Å²) in [7, 11) is 0. The van der Waals surface area contributed by atoms with E-state index in [0.29, 0.717) is 5.70 Å². The predicted octanol–water partition coefficient (Wildman–Crippen LogP) is 2.52. The van der Waals surface area contributed by atoms with Crippen LogP contribution in [0.4, 0.5) is 0 Å². The highest BCUT2D eigenvalue weighted by molar-refractivity contribution is 5.46. The van der Waals surface area contributed by atoms with Gasteiger partial charge in [0.15, 0.2) is 0 Å². The maximum Gasteiger partial charge on any atom is 0.0583 e. The number of rotatable bonds is 1. The molecule has 0 fully saturated rings. The lowest BCUT2D eigenvalue weighted by Gasteiger charge is -2.17. The van der Waals surface area contributed by atoms with Gasteiger partial charge in [0, 0.05) is 6.61 Å². The third-order valence-electron chi connectivity index (χ3n) is 3.45. The lowest BCUT2D eigenvalue weighted by Crippen LogP contribution is -2.13. The van der Waals surface area contributed by atoms with Crippen LogP contribution in [-0.2, 0) is 4.74 Å². The fraction of sp³-hybridized carbons (Fsp3) is 0.467. The highest BCUT2D eigenvalue weighted by Crippen LogP contribution is 2.30. The summed E-state index contributed by atoms with van der Waals surface area (Å²) in [5.74, 6) is 0. The van der Waals surface area contributed by atoms with Gasteiger partial charge in [0.1, 0.15) is 0 Å². The third-order valence-corrected chi connectivity index (χ3v) is 3.45. The molecular formula is C15H22N2O. The van der Waals surface area contributed by atoms with E-state index in [0.717, 1.165) is 51.0 Å². The first-order valence-corrected chi connectivity index (χ1v) is 6.57. The van der Waals surface area contributed by atoms with Gasteiger partial charge in [0.25, 0.3) is 0 Å². The number of ether oxygens (including phenoxy) is 1. The molecule has 0 saturated heterocycles. The molecule has 2 rings (SSSR count). The maximum atomic E-state index is 6.18. The monoisotopic (exact) mass is 246 g/mol. The van der Waals surface area contributed by atoms with Crippen LogP contribution in [0.1, 0.15) is 32.1 Å². The number of nitrogens with two attached hydrogens (primary N) is 2. The van der Waals surface area contributed by atoms with E-state index in [9.17, 15) is 0 Å². The Bertz CT molecular complexity index is 430. The Morgan fingerprint density at radius 2 is 2.00 bits per heavy atom. The highest BCUT2D eigenvalue weighted by Gasteiger charge is 2.16. The van der Waals surface area contributed by atoms with Gasteiger partial charge in [0.05, 0.1) is 18.0 Å². The Labute approximate surface area is 109 Å². The molecule has 0 spiro atoms. The quantitative estimate of drug-likeness (QED) is 0.699. The van der Waals surface area contributed by atoms with Gasteiger partial charge in [-0.1, -0.05) is 24.3 Å². The molecule has 1 heterocycles. The normalized spacial score (nSPS) is 25.7. The SMILES string of the molecule is C=C1CC=C(N)C(N)=C(/C2=C\CCOCCC2)C1. The topological polar surface area (TPSA) is 61.3 Å². The first-order valence-electron chi connectivity index (χ1n) is 6.57. The summed E-state index contributed by atoms with van der Waals surface area (Å²) < 4.78 is 5.46. The molecule has 0 aromatic heterocycles. The molecule has 0 atom stereocenters. The first-order chi connectivity index (χ1) is 8.68. The Balaban J connectivity index is 2.30. The van der Waals surface area contributed by atoms with Crippen molar-refractivity contribution in [1.29, 1.82) is 0 Å². The summed E-state index contributed by atoms with van der Waals surface area (Å²) in [6.07, 6.45) is 8.88. The largest absolute Gasteiger partial charge is 0.397 e. The van der Waals surface area contributed by atoms with Crippen molar-refractivity contribution in [3.63, 3.8) is 0 Å². The molecule has 1 aliphatic heterocycles. The molecule has 4 N–H and O–H groups in total. The second-order valence-corrected chi connectivity index (χ2v) is 4.92. The van der Waals surface area contributed by atoms with Crippen LogP contribution in [-0.4, -0.2) is 13.2 Å². The van der Waals surface area contributed by atoms with Crippen LogP contribution in [0.15, 0.2) is 46.8 Å². The van der Waals surface area contributed by atoms with E-state index in [1.807, 2.05) is 6.08 Å². The van der Waals surface area contributed by atoms with Crippen molar-refractivity contribution >= 4 is 0 Å². The van der Waals surface area contributed by atoms with Crippen LogP contribution >= 0.6 is 0 Å². The number of hydrogen-bond acceptors (Lipinski definition) is 3. The van der Waals surface area contributed by atoms with Crippen LogP contribution in [0, 0.1) is 0 Å². The Hall–Kier alpha value is -1.48. The van der Waals surface area contributed by atoms with Crippen LogP contribution in [0.3, 0.4) is 0 Å².